The van der Waals surface area contributed by atoms with Gasteiger partial charge in [0, 0.05) is 19.2 Å². The van der Waals surface area contributed by atoms with Gasteiger partial charge in [0.1, 0.15) is 0 Å². The average Bonchev–Trinajstić information content (AvgIpc) is 2.91. The molecule has 0 saturated carbocycles. The van der Waals surface area contributed by atoms with Gasteiger partial charge in [0.2, 0.25) is 10.0 Å². The Labute approximate surface area is 114 Å². The van der Waals surface area contributed by atoms with E-state index in [1.54, 1.807) is 0 Å². The Morgan fingerprint density at radius 2 is 2.37 bits per heavy atom. The quantitative estimate of drug-likeness (QED) is 0.792. The molecule has 0 unspecified atom stereocenters. The molecule has 1 aliphatic rings. The first-order valence-electron chi connectivity index (χ1n) is 6.57. The minimum Gasteiger partial charge on any atom is -0.359 e. The number of aryl methyl sites for hydroxylation is 1. The number of hydrogen-bond donors (Lipinski definition) is 1. The molecule has 1 fully saturated rings. The predicted molar refractivity (Wildman–Crippen MR) is 72.3 cm³/mol. The molecule has 0 aliphatic carbocycles. The first-order chi connectivity index (χ1) is 8.96. The van der Waals surface area contributed by atoms with Crippen molar-refractivity contribution in [3.05, 3.63) is 17.5 Å². The van der Waals surface area contributed by atoms with Crippen molar-refractivity contribution in [2.75, 3.05) is 25.9 Å². The van der Waals surface area contributed by atoms with E-state index in [1.807, 2.05) is 13.0 Å². The van der Waals surface area contributed by atoms with Gasteiger partial charge in [-0.2, -0.15) is 0 Å². The number of rotatable bonds is 6. The summed E-state index contributed by atoms with van der Waals surface area (Å²) in [7, 11) is -3.08. The molecule has 1 aliphatic heterocycles. The summed E-state index contributed by atoms with van der Waals surface area (Å²) in [6.45, 7) is 4.30. The smallest absolute Gasteiger partial charge is 0.208 e. The second-order valence-corrected chi connectivity index (χ2v) is 6.92. The Kier molecular flexibility index (Phi) is 4.59. The molecule has 0 spiro atoms. The van der Waals surface area contributed by atoms with E-state index >= 15 is 0 Å². The molecule has 2 heterocycles. The lowest BCUT2D eigenvalue weighted by atomic mass is 10.1. The molecule has 1 aromatic heterocycles. The van der Waals surface area contributed by atoms with Crippen LogP contribution in [0.15, 0.2) is 10.6 Å². The summed E-state index contributed by atoms with van der Waals surface area (Å²) >= 11 is 0. The van der Waals surface area contributed by atoms with Crippen molar-refractivity contribution in [2.24, 2.45) is 0 Å². The third-order valence-corrected chi connectivity index (χ3v) is 4.05. The van der Waals surface area contributed by atoms with Gasteiger partial charge in [0.25, 0.3) is 0 Å². The molecule has 1 saturated heterocycles. The molecule has 1 N–H and O–H groups in total. The molecular formula is C12H21N3O3S. The van der Waals surface area contributed by atoms with Crippen molar-refractivity contribution in [3.63, 3.8) is 0 Å². The van der Waals surface area contributed by atoms with Crippen molar-refractivity contribution in [1.82, 2.24) is 14.8 Å². The van der Waals surface area contributed by atoms with Crippen molar-refractivity contribution in [1.29, 1.82) is 0 Å². The number of likely N-dealkylation sites (tertiary alicyclic amines) is 1. The molecule has 0 aromatic carbocycles. The summed E-state index contributed by atoms with van der Waals surface area (Å²) in [4.78, 5) is 2.34. The van der Waals surface area contributed by atoms with E-state index in [4.69, 9.17) is 4.52 Å². The van der Waals surface area contributed by atoms with Crippen LogP contribution in [0.3, 0.4) is 0 Å². The van der Waals surface area contributed by atoms with E-state index < -0.39 is 10.0 Å². The monoisotopic (exact) mass is 287 g/mol. The number of aromatic nitrogens is 1. The first-order valence-corrected chi connectivity index (χ1v) is 8.47. The topological polar surface area (TPSA) is 75.4 Å². The number of nitrogens with zero attached hydrogens (tertiary/aromatic N) is 2. The molecule has 7 heteroatoms. The fraction of sp³-hybridized carbons (Fsp3) is 0.750. The van der Waals surface area contributed by atoms with Crippen LogP contribution in [0, 0.1) is 6.92 Å². The fourth-order valence-electron chi connectivity index (χ4n) is 2.50. The standard InChI is InChI=1S/C12H21N3O3S/c1-10-9-12(18-14-10)11-5-3-7-15(11)8-4-6-13-19(2,16)17/h9,11,13H,3-8H2,1-2H3/t11-/m1/s1. The first kappa shape index (κ1) is 14.5. The number of nitrogens with one attached hydrogen (secondary N) is 1. The van der Waals surface area contributed by atoms with Crippen molar-refractivity contribution >= 4 is 10.0 Å². The lowest BCUT2D eigenvalue weighted by Gasteiger charge is -2.22. The molecule has 1 aromatic rings. The number of hydrogen-bond acceptors (Lipinski definition) is 5. The Hall–Kier alpha value is -0.920. The van der Waals surface area contributed by atoms with Crippen molar-refractivity contribution in [2.45, 2.75) is 32.2 Å². The van der Waals surface area contributed by atoms with E-state index in [9.17, 15) is 8.42 Å². The zero-order valence-corrected chi connectivity index (χ0v) is 12.2. The normalized spacial score (nSPS) is 21.1. The van der Waals surface area contributed by atoms with Gasteiger partial charge in [0.05, 0.1) is 18.0 Å². The molecule has 2 rings (SSSR count). The fourth-order valence-corrected chi connectivity index (χ4v) is 3.01. The van der Waals surface area contributed by atoms with E-state index in [0.29, 0.717) is 12.6 Å². The van der Waals surface area contributed by atoms with E-state index in [1.165, 1.54) is 6.26 Å². The van der Waals surface area contributed by atoms with Gasteiger partial charge in [0.15, 0.2) is 5.76 Å². The molecular weight excluding hydrogens is 266 g/mol. The minimum atomic E-state index is -3.08. The van der Waals surface area contributed by atoms with Gasteiger partial charge >= 0.3 is 0 Å². The van der Waals surface area contributed by atoms with Crippen LogP contribution in [0.4, 0.5) is 0 Å². The molecule has 108 valence electrons. The third-order valence-electron chi connectivity index (χ3n) is 3.32. The van der Waals surface area contributed by atoms with Crippen LogP contribution in [0.25, 0.3) is 0 Å². The molecule has 19 heavy (non-hydrogen) atoms. The second kappa shape index (κ2) is 6.02. The Morgan fingerprint density at radius 1 is 1.58 bits per heavy atom. The van der Waals surface area contributed by atoms with E-state index in [0.717, 1.165) is 43.8 Å². The Bertz CT molecular complexity index is 512. The zero-order valence-electron chi connectivity index (χ0n) is 11.4. The predicted octanol–water partition coefficient (Wildman–Crippen LogP) is 1.06. The van der Waals surface area contributed by atoms with Crippen LogP contribution in [0.5, 0.6) is 0 Å². The highest BCUT2D eigenvalue weighted by Crippen LogP contribution is 2.31. The summed E-state index contributed by atoms with van der Waals surface area (Å²) < 4.78 is 29.8. The molecule has 0 radical (unpaired) electrons. The Morgan fingerprint density at radius 3 is 3.00 bits per heavy atom. The zero-order chi connectivity index (χ0) is 13.9. The van der Waals surface area contributed by atoms with Crippen LogP contribution in [0.1, 0.15) is 36.8 Å². The summed E-state index contributed by atoms with van der Waals surface area (Å²) in [5.41, 5.74) is 0.903. The lowest BCUT2D eigenvalue weighted by Crippen LogP contribution is -2.29. The van der Waals surface area contributed by atoms with Crippen LogP contribution >= 0.6 is 0 Å². The highest BCUT2D eigenvalue weighted by Gasteiger charge is 2.28. The number of sulfonamides is 1. The molecule has 0 amide bonds. The highest BCUT2D eigenvalue weighted by molar-refractivity contribution is 7.88. The van der Waals surface area contributed by atoms with Gasteiger partial charge in [-0.1, -0.05) is 5.16 Å². The largest absolute Gasteiger partial charge is 0.359 e. The maximum atomic E-state index is 11.0. The van der Waals surface area contributed by atoms with Gasteiger partial charge in [-0.15, -0.1) is 0 Å². The SMILES string of the molecule is Cc1cc([C@H]2CCCN2CCCNS(C)(=O)=O)on1. The summed E-state index contributed by atoms with van der Waals surface area (Å²) in [5, 5.41) is 3.93. The summed E-state index contributed by atoms with van der Waals surface area (Å²) in [6, 6.07) is 2.28. The van der Waals surface area contributed by atoms with Gasteiger partial charge < -0.3 is 4.52 Å². The average molecular weight is 287 g/mol. The van der Waals surface area contributed by atoms with Crippen LogP contribution < -0.4 is 4.72 Å². The van der Waals surface area contributed by atoms with Crippen LogP contribution in [0.2, 0.25) is 0 Å². The summed E-state index contributed by atoms with van der Waals surface area (Å²) in [5.74, 6) is 0.922. The Balaban J connectivity index is 1.83. The van der Waals surface area contributed by atoms with Crippen molar-refractivity contribution in [3.8, 4) is 0 Å². The van der Waals surface area contributed by atoms with Gasteiger partial charge in [-0.3, -0.25) is 4.90 Å². The molecule has 0 bridgehead atoms. The third kappa shape index (κ3) is 4.29. The maximum Gasteiger partial charge on any atom is 0.208 e. The van der Waals surface area contributed by atoms with E-state index in [-0.39, 0.29) is 0 Å². The minimum absolute atomic E-state index is 0.291. The van der Waals surface area contributed by atoms with Crippen LogP contribution in [-0.2, 0) is 10.0 Å². The van der Waals surface area contributed by atoms with E-state index in [2.05, 4.69) is 14.8 Å². The summed E-state index contributed by atoms with van der Waals surface area (Å²) in [6.07, 6.45) is 4.21. The van der Waals surface area contributed by atoms with Crippen molar-refractivity contribution < 1.29 is 12.9 Å². The second-order valence-electron chi connectivity index (χ2n) is 5.08. The highest BCUT2D eigenvalue weighted by atomic mass is 32.2. The van der Waals surface area contributed by atoms with Crippen LogP contribution in [-0.4, -0.2) is 44.4 Å². The molecule has 6 nitrogen and oxygen atoms in total. The maximum absolute atomic E-state index is 11.0. The molecule has 1 atom stereocenters. The van der Waals surface area contributed by atoms with Gasteiger partial charge in [-0.25, -0.2) is 13.1 Å². The lowest BCUT2D eigenvalue weighted by molar-refractivity contribution is 0.212. The van der Waals surface area contributed by atoms with Gasteiger partial charge in [-0.05, 0) is 32.7 Å².